The molecule has 0 unspecified atom stereocenters. The molecule has 1 aliphatic rings. The van der Waals surface area contributed by atoms with E-state index in [0.29, 0.717) is 35.7 Å². The molecule has 4 rings (SSSR count). The molecule has 1 heterocycles. The minimum Gasteiger partial charge on any atom is -0.492 e. The number of nitrogens with two attached hydrogens (primary N) is 1. The van der Waals surface area contributed by atoms with Gasteiger partial charge in [-0.05, 0) is 55.3 Å². The third-order valence-electron chi connectivity index (χ3n) is 5.17. The van der Waals surface area contributed by atoms with Crippen LogP contribution in [0.3, 0.4) is 0 Å². The Bertz CT molecular complexity index is 1040. The van der Waals surface area contributed by atoms with Gasteiger partial charge in [0.2, 0.25) is 0 Å². The topological polar surface area (TPSA) is 102 Å². The van der Waals surface area contributed by atoms with E-state index < -0.39 is 0 Å². The Balaban J connectivity index is 0.00000240. The smallest absolute Gasteiger partial charge is 0.326 e. The third kappa shape index (κ3) is 4.46. The number of benzene rings is 2. The van der Waals surface area contributed by atoms with Gasteiger partial charge in [-0.3, -0.25) is 9.36 Å². The van der Waals surface area contributed by atoms with Crippen LogP contribution < -0.4 is 21.5 Å². The van der Waals surface area contributed by atoms with E-state index in [9.17, 15) is 9.59 Å². The monoisotopic (exact) mass is 416 g/mol. The first-order valence-electron chi connectivity index (χ1n) is 9.64. The van der Waals surface area contributed by atoms with Gasteiger partial charge in [-0.25, -0.2) is 4.79 Å². The SMILES string of the molecule is Cl.NCCOc1ccc(NC(=O)c2ccc3c(c2)[nH]c(=O)n3C2CCCC2)cc1. The quantitative estimate of drug-likeness (QED) is 0.572. The van der Waals surface area contributed by atoms with E-state index >= 15 is 0 Å². The number of rotatable bonds is 6. The Morgan fingerprint density at radius 1 is 1.17 bits per heavy atom. The number of aromatic nitrogens is 2. The molecule has 1 saturated carbocycles. The number of imidazole rings is 1. The van der Waals surface area contributed by atoms with E-state index in [4.69, 9.17) is 10.5 Å². The van der Waals surface area contributed by atoms with Crippen molar-refractivity contribution in [1.29, 1.82) is 0 Å². The lowest BCUT2D eigenvalue weighted by molar-refractivity contribution is 0.102. The Kier molecular flexibility index (Phi) is 6.61. The van der Waals surface area contributed by atoms with Gasteiger partial charge >= 0.3 is 5.69 Å². The molecule has 1 aliphatic carbocycles. The van der Waals surface area contributed by atoms with Gasteiger partial charge in [-0.15, -0.1) is 12.4 Å². The standard InChI is InChI=1S/C21H24N4O3.ClH/c22-11-12-28-17-8-6-15(7-9-17)23-20(26)14-5-10-19-18(13-14)24-21(27)25(19)16-3-1-2-4-16;/h5-10,13,16H,1-4,11-12,22H2,(H,23,26)(H,24,27);1H. The largest absolute Gasteiger partial charge is 0.492 e. The second-order valence-corrected chi connectivity index (χ2v) is 7.09. The van der Waals surface area contributed by atoms with Gasteiger partial charge in [0.25, 0.3) is 5.91 Å². The zero-order valence-electron chi connectivity index (χ0n) is 16.0. The number of nitrogens with zero attached hydrogens (tertiary/aromatic N) is 1. The molecule has 1 fully saturated rings. The summed E-state index contributed by atoms with van der Waals surface area (Å²) in [5.74, 6) is 0.475. The van der Waals surface area contributed by atoms with E-state index in [1.54, 1.807) is 36.4 Å². The summed E-state index contributed by atoms with van der Waals surface area (Å²) in [5, 5.41) is 2.86. The van der Waals surface area contributed by atoms with Crippen molar-refractivity contribution in [3.63, 3.8) is 0 Å². The highest BCUT2D eigenvalue weighted by Gasteiger charge is 2.21. The number of aromatic amines is 1. The zero-order valence-corrected chi connectivity index (χ0v) is 16.8. The lowest BCUT2D eigenvalue weighted by Crippen LogP contribution is -2.20. The van der Waals surface area contributed by atoms with E-state index in [-0.39, 0.29) is 30.0 Å². The molecular formula is C21H25ClN4O3. The molecular weight excluding hydrogens is 392 g/mol. The van der Waals surface area contributed by atoms with Crippen LogP contribution in [0.2, 0.25) is 0 Å². The minimum absolute atomic E-state index is 0. The number of ether oxygens (including phenoxy) is 1. The predicted octanol–water partition coefficient (Wildman–Crippen LogP) is 3.46. The van der Waals surface area contributed by atoms with Gasteiger partial charge in [-0.1, -0.05) is 12.8 Å². The van der Waals surface area contributed by atoms with Gasteiger partial charge in [0.05, 0.1) is 11.0 Å². The molecule has 4 N–H and O–H groups in total. The first-order valence-corrected chi connectivity index (χ1v) is 9.64. The molecule has 0 atom stereocenters. The molecule has 0 spiro atoms. The Labute approximate surface area is 174 Å². The van der Waals surface area contributed by atoms with Gasteiger partial charge < -0.3 is 20.8 Å². The molecule has 0 saturated heterocycles. The summed E-state index contributed by atoms with van der Waals surface area (Å²) >= 11 is 0. The van der Waals surface area contributed by atoms with E-state index in [1.165, 1.54) is 0 Å². The number of hydrogen-bond donors (Lipinski definition) is 3. The normalized spacial score (nSPS) is 14.0. The number of H-pyrrole nitrogens is 1. The Hall–Kier alpha value is -2.77. The van der Waals surface area contributed by atoms with Crippen molar-refractivity contribution in [2.75, 3.05) is 18.5 Å². The summed E-state index contributed by atoms with van der Waals surface area (Å²) in [7, 11) is 0. The average Bonchev–Trinajstić information content (AvgIpc) is 3.33. The summed E-state index contributed by atoms with van der Waals surface area (Å²) in [4.78, 5) is 27.9. The van der Waals surface area contributed by atoms with Gasteiger partial charge in [0.15, 0.2) is 0 Å². The molecule has 0 radical (unpaired) electrons. The minimum atomic E-state index is -0.230. The van der Waals surface area contributed by atoms with Crippen molar-refractivity contribution in [1.82, 2.24) is 9.55 Å². The van der Waals surface area contributed by atoms with Crippen molar-refractivity contribution in [2.45, 2.75) is 31.7 Å². The molecule has 2 aromatic carbocycles. The fourth-order valence-electron chi connectivity index (χ4n) is 3.81. The second kappa shape index (κ2) is 9.15. The first-order chi connectivity index (χ1) is 13.7. The lowest BCUT2D eigenvalue weighted by atomic mass is 10.1. The van der Waals surface area contributed by atoms with Crippen LogP contribution in [0.15, 0.2) is 47.3 Å². The molecule has 1 amide bonds. The summed E-state index contributed by atoms with van der Waals surface area (Å²) in [6, 6.07) is 12.7. The number of carbonyl (C=O) groups is 1. The van der Waals surface area contributed by atoms with Crippen molar-refractivity contribution >= 4 is 35.0 Å². The number of hydrogen-bond acceptors (Lipinski definition) is 4. The molecule has 0 bridgehead atoms. The van der Waals surface area contributed by atoms with Crippen LogP contribution in [0.4, 0.5) is 5.69 Å². The highest BCUT2D eigenvalue weighted by molar-refractivity contribution is 6.05. The molecule has 7 nitrogen and oxygen atoms in total. The number of carbonyl (C=O) groups excluding carboxylic acids is 1. The van der Waals surface area contributed by atoms with E-state index in [2.05, 4.69) is 10.3 Å². The molecule has 1 aromatic heterocycles. The van der Waals surface area contributed by atoms with Gasteiger partial charge in [0, 0.05) is 23.8 Å². The van der Waals surface area contributed by atoms with Crippen molar-refractivity contribution in [2.24, 2.45) is 5.73 Å². The van der Waals surface area contributed by atoms with Crippen molar-refractivity contribution in [3.05, 3.63) is 58.5 Å². The van der Waals surface area contributed by atoms with Crippen molar-refractivity contribution < 1.29 is 9.53 Å². The van der Waals surface area contributed by atoms with Crippen molar-refractivity contribution in [3.8, 4) is 5.75 Å². The van der Waals surface area contributed by atoms with E-state index in [1.807, 2.05) is 10.6 Å². The summed E-state index contributed by atoms with van der Waals surface area (Å²) in [6.45, 7) is 0.899. The molecule has 8 heteroatoms. The average molecular weight is 417 g/mol. The fraction of sp³-hybridized carbons (Fsp3) is 0.333. The van der Waals surface area contributed by atoms with E-state index in [0.717, 1.165) is 31.2 Å². The molecule has 0 aliphatic heterocycles. The predicted molar refractivity (Wildman–Crippen MR) is 116 cm³/mol. The number of fused-ring (bicyclic) bond motifs is 1. The second-order valence-electron chi connectivity index (χ2n) is 7.09. The highest BCUT2D eigenvalue weighted by atomic mass is 35.5. The highest BCUT2D eigenvalue weighted by Crippen LogP contribution is 2.30. The molecule has 154 valence electrons. The summed E-state index contributed by atoms with van der Waals surface area (Å²) in [6.07, 6.45) is 4.36. The number of halogens is 1. The van der Waals surface area contributed by atoms with Crippen LogP contribution in [0.25, 0.3) is 11.0 Å². The maximum atomic E-state index is 12.6. The van der Waals surface area contributed by atoms with Crippen LogP contribution >= 0.6 is 12.4 Å². The number of anilines is 1. The zero-order chi connectivity index (χ0) is 19.5. The third-order valence-corrected chi connectivity index (χ3v) is 5.17. The van der Waals surface area contributed by atoms with Crippen LogP contribution in [0.5, 0.6) is 5.75 Å². The van der Waals surface area contributed by atoms with Gasteiger partial charge in [0.1, 0.15) is 12.4 Å². The van der Waals surface area contributed by atoms with Crippen LogP contribution in [-0.4, -0.2) is 28.6 Å². The maximum absolute atomic E-state index is 12.6. The first kappa shape index (κ1) is 21.0. The molecule has 29 heavy (non-hydrogen) atoms. The summed E-state index contributed by atoms with van der Waals surface area (Å²) in [5.41, 5.74) is 8.02. The lowest BCUT2D eigenvalue weighted by Gasteiger charge is -2.11. The number of nitrogens with one attached hydrogen (secondary N) is 2. The Morgan fingerprint density at radius 3 is 2.59 bits per heavy atom. The van der Waals surface area contributed by atoms with Crippen LogP contribution in [0.1, 0.15) is 42.1 Å². The van der Waals surface area contributed by atoms with Gasteiger partial charge in [-0.2, -0.15) is 0 Å². The number of amides is 1. The molecule has 3 aromatic rings. The fourth-order valence-corrected chi connectivity index (χ4v) is 3.81. The Morgan fingerprint density at radius 2 is 1.90 bits per heavy atom. The van der Waals surface area contributed by atoms with Crippen LogP contribution in [-0.2, 0) is 0 Å². The summed E-state index contributed by atoms with van der Waals surface area (Å²) < 4.78 is 7.27. The maximum Gasteiger partial charge on any atom is 0.326 e. The van der Waals surface area contributed by atoms with Crippen LogP contribution in [0, 0.1) is 0 Å².